The third-order valence-corrected chi connectivity index (χ3v) is 5.34. The Morgan fingerprint density at radius 2 is 1.62 bits per heavy atom. The van der Waals surface area contributed by atoms with Crippen LogP contribution in [0.1, 0.15) is 29.9 Å². The molecule has 1 saturated heterocycles. The molecule has 132 valence electrons. The van der Waals surface area contributed by atoms with Gasteiger partial charge in [-0.05, 0) is 53.3 Å². The van der Waals surface area contributed by atoms with Crippen molar-refractivity contribution in [3.8, 4) is 0 Å². The van der Waals surface area contributed by atoms with E-state index in [-0.39, 0.29) is 0 Å². The summed E-state index contributed by atoms with van der Waals surface area (Å²) in [4.78, 5) is 14.4. The Hall–Kier alpha value is -2.81. The molecule has 1 aliphatic rings. The molecule has 3 aromatic rings. The Bertz CT molecular complexity index is 906. The number of nitrogens with zero attached hydrogens (tertiary/aromatic N) is 1. The molecule has 0 aliphatic carbocycles. The van der Waals surface area contributed by atoms with Gasteiger partial charge in [0.2, 0.25) is 0 Å². The minimum Gasteiger partial charge on any atom is -0.481 e. The van der Waals surface area contributed by atoms with Gasteiger partial charge in [-0.3, -0.25) is 4.79 Å². The van der Waals surface area contributed by atoms with E-state index in [2.05, 4.69) is 29.2 Å². The highest BCUT2D eigenvalue weighted by Crippen LogP contribution is 2.29. The van der Waals surface area contributed by atoms with Gasteiger partial charge in [-0.2, -0.15) is 0 Å². The lowest BCUT2D eigenvalue weighted by Crippen LogP contribution is -2.18. The Labute approximate surface area is 153 Å². The minimum atomic E-state index is -0.773. The maximum absolute atomic E-state index is 12.0. The summed E-state index contributed by atoms with van der Waals surface area (Å²) in [5.41, 5.74) is 3.19. The number of rotatable bonds is 5. The summed E-state index contributed by atoms with van der Waals surface area (Å²) in [5, 5.41) is 12.0. The predicted octanol–water partition coefficient (Wildman–Crippen LogP) is 4.85. The van der Waals surface area contributed by atoms with Crippen LogP contribution < -0.4 is 4.90 Å². The van der Waals surface area contributed by atoms with Crippen molar-refractivity contribution in [1.82, 2.24) is 0 Å². The molecular weight excluding hydrogens is 322 g/mol. The molecule has 3 nitrogen and oxygen atoms in total. The van der Waals surface area contributed by atoms with Crippen molar-refractivity contribution in [3.05, 3.63) is 77.9 Å². The van der Waals surface area contributed by atoms with Gasteiger partial charge in [0.15, 0.2) is 0 Å². The lowest BCUT2D eigenvalue weighted by atomic mass is 9.88. The van der Waals surface area contributed by atoms with Gasteiger partial charge >= 0.3 is 5.97 Å². The van der Waals surface area contributed by atoms with Gasteiger partial charge in [-0.25, -0.2) is 0 Å². The van der Waals surface area contributed by atoms with Gasteiger partial charge in [0, 0.05) is 18.8 Å². The van der Waals surface area contributed by atoms with E-state index in [1.807, 2.05) is 42.5 Å². The standard InChI is InChI=1S/C23H23NO2/c25-23(26)22(21-9-5-7-18-6-1-2-8-20(18)21)16-17-10-12-19(13-11-17)24-14-3-4-15-24/h1-2,5-13,22H,3-4,14-16H2,(H,25,26). The van der Waals surface area contributed by atoms with Gasteiger partial charge in [0.05, 0.1) is 5.92 Å². The van der Waals surface area contributed by atoms with Gasteiger partial charge in [-0.1, -0.05) is 54.6 Å². The number of carboxylic acids is 1. The molecule has 1 fully saturated rings. The molecular formula is C23H23NO2. The third kappa shape index (κ3) is 3.30. The quantitative estimate of drug-likeness (QED) is 0.718. The van der Waals surface area contributed by atoms with E-state index in [0.29, 0.717) is 6.42 Å². The van der Waals surface area contributed by atoms with Crippen LogP contribution in [0.5, 0.6) is 0 Å². The summed E-state index contributed by atoms with van der Waals surface area (Å²) in [6.45, 7) is 2.24. The van der Waals surface area contributed by atoms with Crippen LogP contribution in [-0.2, 0) is 11.2 Å². The molecule has 1 aliphatic heterocycles. The van der Waals surface area contributed by atoms with Crippen molar-refractivity contribution in [3.63, 3.8) is 0 Å². The number of hydrogen-bond donors (Lipinski definition) is 1. The minimum absolute atomic E-state index is 0.504. The zero-order valence-corrected chi connectivity index (χ0v) is 14.8. The number of anilines is 1. The van der Waals surface area contributed by atoms with E-state index in [1.165, 1.54) is 18.5 Å². The van der Waals surface area contributed by atoms with Crippen LogP contribution in [0.15, 0.2) is 66.7 Å². The second-order valence-corrected chi connectivity index (χ2v) is 7.02. The first-order chi connectivity index (χ1) is 12.7. The van der Waals surface area contributed by atoms with Crippen LogP contribution in [0, 0.1) is 0 Å². The summed E-state index contributed by atoms with van der Waals surface area (Å²) < 4.78 is 0. The number of benzene rings is 3. The van der Waals surface area contributed by atoms with E-state index in [9.17, 15) is 9.90 Å². The average molecular weight is 345 g/mol. The molecule has 0 saturated carbocycles. The first-order valence-corrected chi connectivity index (χ1v) is 9.27. The van der Waals surface area contributed by atoms with Crippen molar-refractivity contribution >= 4 is 22.4 Å². The summed E-state index contributed by atoms with van der Waals surface area (Å²) in [6, 6.07) is 22.3. The summed E-state index contributed by atoms with van der Waals surface area (Å²) in [7, 11) is 0. The second kappa shape index (κ2) is 7.20. The molecule has 0 amide bonds. The number of carboxylic acid groups (broad SMARTS) is 1. The molecule has 1 atom stereocenters. The summed E-state index contributed by atoms with van der Waals surface area (Å²) in [6.07, 6.45) is 3.01. The molecule has 1 N–H and O–H groups in total. The van der Waals surface area contributed by atoms with Crippen LogP contribution in [0.2, 0.25) is 0 Å². The molecule has 3 heteroatoms. The van der Waals surface area contributed by atoms with Crippen molar-refractivity contribution < 1.29 is 9.90 Å². The fourth-order valence-electron chi connectivity index (χ4n) is 3.94. The summed E-state index contributed by atoms with van der Waals surface area (Å²) >= 11 is 0. The SMILES string of the molecule is O=C(O)C(Cc1ccc(N2CCCC2)cc1)c1cccc2ccccc12. The number of carbonyl (C=O) groups is 1. The van der Waals surface area contributed by atoms with E-state index in [0.717, 1.165) is 35.0 Å². The zero-order valence-electron chi connectivity index (χ0n) is 14.8. The second-order valence-electron chi connectivity index (χ2n) is 7.02. The fraction of sp³-hybridized carbons (Fsp3) is 0.261. The van der Waals surface area contributed by atoms with Crippen LogP contribution in [0.3, 0.4) is 0 Å². The van der Waals surface area contributed by atoms with Crippen LogP contribution in [0.25, 0.3) is 10.8 Å². The van der Waals surface area contributed by atoms with Crippen molar-refractivity contribution in [2.75, 3.05) is 18.0 Å². The first-order valence-electron chi connectivity index (χ1n) is 9.27. The number of fused-ring (bicyclic) bond motifs is 1. The van der Waals surface area contributed by atoms with Gasteiger partial charge in [-0.15, -0.1) is 0 Å². The molecule has 0 bridgehead atoms. The van der Waals surface area contributed by atoms with Gasteiger partial charge in [0.1, 0.15) is 0 Å². The highest BCUT2D eigenvalue weighted by atomic mass is 16.4. The Morgan fingerprint density at radius 1 is 0.923 bits per heavy atom. The van der Waals surface area contributed by atoms with Gasteiger partial charge < -0.3 is 10.0 Å². The van der Waals surface area contributed by atoms with Crippen molar-refractivity contribution in [1.29, 1.82) is 0 Å². The normalized spacial score (nSPS) is 15.3. The lowest BCUT2D eigenvalue weighted by molar-refractivity contribution is -0.138. The van der Waals surface area contributed by atoms with E-state index in [1.54, 1.807) is 0 Å². The molecule has 1 unspecified atom stereocenters. The van der Waals surface area contributed by atoms with E-state index < -0.39 is 11.9 Å². The number of hydrogen-bond acceptors (Lipinski definition) is 2. The Balaban J connectivity index is 1.62. The molecule has 4 rings (SSSR count). The molecule has 0 radical (unpaired) electrons. The monoisotopic (exact) mass is 345 g/mol. The Morgan fingerprint density at radius 3 is 2.35 bits per heavy atom. The highest BCUT2D eigenvalue weighted by molar-refractivity contribution is 5.90. The smallest absolute Gasteiger partial charge is 0.311 e. The lowest BCUT2D eigenvalue weighted by Gasteiger charge is -2.19. The maximum atomic E-state index is 12.0. The maximum Gasteiger partial charge on any atom is 0.311 e. The Kier molecular flexibility index (Phi) is 4.61. The average Bonchev–Trinajstić information content (AvgIpc) is 3.21. The van der Waals surface area contributed by atoms with Crippen molar-refractivity contribution in [2.45, 2.75) is 25.2 Å². The highest BCUT2D eigenvalue weighted by Gasteiger charge is 2.22. The largest absolute Gasteiger partial charge is 0.481 e. The van der Waals surface area contributed by atoms with Crippen molar-refractivity contribution in [2.24, 2.45) is 0 Å². The summed E-state index contributed by atoms with van der Waals surface area (Å²) in [5.74, 6) is -1.32. The molecule has 3 aromatic carbocycles. The zero-order chi connectivity index (χ0) is 17.9. The van der Waals surface area contributed by atoms with Crippen LogP contribution in [-0.4, -0.2) is 24.2 Å². The predicted molar refractivity (Wildman–Crippen MR) is 106 cm³/mol. The molecule has 0 aromatic heterocycles. The topological polar surface area (TPSA) is 40.5 Å². The molecule has 0 spiro atoms. The van der Waals surface area contributed by atoms with Crippen LogP contribution in [0.4, 0.5) is 5.69 Å². The van der Waals surface area contributed by atoms with E-state index >= 15 is 0 Å². The first kappa shape index (κ1) is 16.6. The van der Waals surface area contributed by atoms with E-state index in [4.69, 9.17) is 0 Å². The van der Waals surface area contributed by atoms with Crippen LogP contribution >= 0.6 is 0 Å². The molecule has 1 heterocycles. The fourth-order valence-corrected chi connectivity index (χ4v) is 3.94. The number of aliphatic carboxylic acids is 1. The molecule has 26 heavy (non-hydrogen) atoms. The van der Waals surface area contributed by atoms with Gasteiger partial charge in [0.25, 0.3) is 0 Å². The third-order valence-electron chi connectivity index (χ3n) is 5.34.